The molecular formula is C7H10NO2OsS2. The Morgan fingerprint density at radius 1 is 1.38 bits per heavy atom. The van der Waals surface area contributed by atoms with Gasteiger partial charge >= 0.3 is 19.8 Å². The van der Waals surface area contributed by atoms with Crippen LogP contribution in [0.25, 0.3) is 4.72 Å². The Hall–Kier alpha value is 0.636. The van der Waals surface area contributed by atoms with E-state index in [1.165, 1.54) is 0 Å². The Kier molecular flexibility index (Phi) is 5.77. The number of ketones is 1. The second-order valence-electron chi connectivity index (χ2n) is 2.98. The van der Waals surface area contributed by atoms with E-state index in [0.717, 1.165) is 0 Å². The molecule has 1 aliphatic rings. The summed E-state index contributed by atoms with van der Waals surface area (Å²) >= 11 is 7.51. The van der Waals surface area contributed by atoms with Gasteiger partial charge in [0.2, 0.25) is 0 Å². The van der Waals surface area contributed by atoms with Gasteiger partial charge < -0.3 is 17.5 Å². The molecule has 0 aliphatic heterocycles. The first-order valence-electron chi connectivity index (χ1n) is 3.72. The fourth-order valence-electron chi connectivity index (χ4n) is 1.30. The zero-order valence-electron chi connectivity index (χ0n) is 6.84. The van der Waals surface area contributed by atoms with E-state index in [4.69, 9.17) is 0 Å². The maximum absolute atomic E-state index is 11.1. The molecule has 0 amide bonds. The molecular weight excluding hydrogens is 384 g/mol. The van der Waals surface area contributed by atoms with Crippen LogP contribution in [0.5, 0.6) is 0 Å². The van der Waals surface area contributed by atoms with E-state index in [1.807, 2.05) is 0 Å². The SMILES string of the molecule is O=C1CCC([N-]S)(C(=O)S)CC1.[Os+]. The van der Waals surface area contributed by atoms with Crippen molar-refractivity contribution < 1.29 is 29.4 Å². The minimum absolute atomic E-state index is 0. The van der Waals surface area contributed by atoms with E-state index in [-0.39, 0.29) is 30.7 Å². The summed E-state index contributed by atoms with van der Waals surface area (Å²) < 4.78 is 3.73. The van der Waals surface area contributed by atoms with Gasteiger partial charge in [0, 0.05) is 12.8 Å². The topological polar surface area (TPSA) is 48.2 Å². The Bertz CT molecular complexity index is 213. The zero-order chi connectivity index (χ0) is 9.19. The van der Waals surface area contributed by atoms with Crippen molar-refractivity contribution in [2.24, 2.45) is 0 Å². The van der Waals surface area contributed by atoms with Gasteiger partial charge in [-0.15, -0.1) is 12.6 Å². The van der Waals surface area contributed by atoms with Crippen molar-refractivity contribution in [1.82, 2.24) is 0 Å². The summed E-state index contributed by atoms with van der Waals surface area (Å²) in [5.74, 6) is 0.192. The van der Waals surface area contributed by atoms with Crippen molar-refractivity contribution in [2.45, 2.75) is 31.2 Å². The summed E-state index contributed by atoms with van der Waals surface area (Å²) in [6.07, 6.45) is 1.74. The second-order valence-corrected chi connectivity index (χ2v) is 3.58. The van der Waals surface area contributed by atoms with Crippen LogP contribution in [0, 0.1) is 0 Å². The molecule has 0 aromatic heterocycles. The number of carbonyl (C=O) groups is 2. The molecule has 1 fully saturated rings. The Morgan fingerprint density at radius 3 is 2.15 bits per heavy atom. The Balaban J connectivity index is 0.00000144. The van der Waals surface area contributed by atoms with Crippen LogP contribution in [0.15, 0.2) is 0 Å². The van der Waals surface area contributed by atoms with Crippen molar-refractivity contribution in [2.75, 3.05) is 0 Å². The van der Waals surface area contributed by atoms with Gasteiger partial charge in [0.15, 0.2) is 5.12 Å². The van der Waals surface area contributed by atoms with E-state index >= 15 is 0 Å². The smallest absolute Gasteiger partial charge is 0.597 e. The maximum Gasteiger partial charge on any atom is 1.00 e. The van der Waals surface area contributed by atoms with Crippen LogP contribution >= 0.6 is 25.4 Å². The molecule has 0 saturated heterocycles. The van der Waals surface area contributed by atoms with Gasteiger partial charge in [0.1, 0.15) is 5.78 Å². The van der Waals surface area contributed by atoms with Crippen molar-refractivity contribution in [3.05, 3.63) is 4.72 Å². The van der Waals surface area contributed by atoms with Crippen LogP contribution < -0.4 is 0 Å². The van der Waals surface area contributed by atoms with Crippen LogP contribution in [0.2, 0.25) is 0 Å². The van der Waals surface area contributed by atoms with Gasteiger partial charge in [-0.1, -0.05) is 12.8 Å². The molecule has 0 spiro atoms. The third-order valence-electron chi connectivity index (χ3n) is 2.22. The minimum Gasteiger partial charge on any atom is -0.597 e. The molecule has 1 saturated carbocycles. The number of hydrogen-bond acceptors (Lipinski definition) is 3. The van der Waals surface area contributed by atoms with Gasteiger partial charge in [-0.2, -0.15) is 0 Å². The van der Waals surface area contributed by atoms with Gasteiger partial charge in [-0.25, -0.2) is 0 Å². The molecule has 6 heteroatoms. The molecule has 1 aliphatic carbocycles. The predicted molar refractivity (Wildman–Crippen MR) is 52.5 cm³/mol. The predicted octanol–water partition coefficient (Wildman–Crippen LogP) is 1.54. The van der Waals surface area contributed by atoms with Crippen molar-refractivity contribution in [3.63, 3.8) is 0 Å². The molecule has 13 heavy (non-hydrogen) atoms. The molecule has 75 valence electrons. The average Bonchev–Trinajstić information content (AvgIpc) is 2.06. The third-order valence-corrected chi connectivity index (χ3v) is 3.02. The first kappa shape index (κ1) is 13.6. The number of carbonyl (C=O) groups excluding carboxylic acids is 2. The third kappa shape index (κ3) is 3.05. The summed E-state index contributed by atoms with van der Waals surface area (Å²) in [6, 6.07) is 0. The molecule has 1 radical (unpaired) electrons. The number of thiol groups is 2. The van der Waals surface area contributed by atoms with E-state index in [0.29, 0.717) is 25.7 Å². The quantitative estimate of drug-likeness (QED) is 0.698. The first-order valence-corrected chi connectivity index (χ1v) is 4.57. The average molecular weight is 395 g/mol. The Morgan fingerprint density at radius 2 is 1.85 bits per heavy atom. The number of nitrogens with zero attached hydrogens (tertiary/aromatic N) is 1. The monoisotopic (exact) mass is 396 g/mol. The summed E-state index contributed by atoms with van der Waals surface area (Å²) in [4.78, 5) is 22.0. The van der Waals surface area contributed by atoms with Gasteiger partial charge in [0.05, 0.1) is 0 Å². The van der Waals surface area contributed by atoms with E-state index < -0.39 is 5.54 Å². The van der Waals surface area contributed by atoms with Gasteiger partial charge in [-0.05, 0) is 5.54 Å². The number of Topliss-reactive ketones (excluding diaryl/α,β-unsaturated/α-hetero) is 1. The molecule has 3 nitrogen and oxygen atoms in total. The van der Waals surface area contributed by atoms with Gasteiger partial charge in [-0.3, -0.25) is 9.59 Å². The van der Waals surface area contributed by atoms with Crippen molar-refractivity contribution in [3.8, 4) is 0 Å². The fraction of sp³-hybridized carbons (Fsp3) is 0.714. The summed E-state index contributed by atoms with van der Waals surface area (Å²) in [6.45, 7) is 0. The van der Waals surface area contributed by atoms with E-state index in [1.54, 1.807) is 0 Å². The van der Waals surface area contributed by atoms with Crippen LogP contribution in [0.3, 0.4) is 0 Å². The van der Waals surface area contributed by atoms with Crippen LogP contribution in [-0.2, 0) is 29.4 Å². The molecule has 0 heterocycles. The maximum atomic E-state index is 11.1. The molecule has 0 atom stereocenters. The molecule has 0 bridgehead atoms. The summed E-state index contributed by atoms with van der Waals surface area (Å²) in [5, 5.41) is -0.287. The van der Waals surface area contributed by atoms with Crippen molar-refractivity contribution in [1.29, 1.82) is 0 Å². The van der Waals surface area contributed by atoms with Crippen LogP contribution in [0.1, 0.15) is 25.7 Å². The van der Waals surface area contributed by atoms with E-state index in [2.05, 4.69) is 30.2 Å². The standard InChI is InChI=1S/C7H10NO2S2.Os/c9-5-1-3-7(8-12,4-2-5)6(10)11;/h12H,1-4H2,(H,10,11);/q-1;+1. The second kappa shape index (κ2) is 5.50. The van der Waals surface area contributed by atoms with Crippen molar-refractivity contribution >= 4 is 36.3 Å². The summed E-state index contributed by atoms with van der Waals surface area (Å²) in [7, 11) is 0. The fourth-order valence-corrected chi connectivity index (χ4v) is 1.94. The molecule has 0 aromatic rings. The Labute approximate surface area is 101 Å². The molecule has 0 N–H and O–H groups in total. The van der Waals surface area contributed by atoms with Crippen LogP contribution in [-0.4, -0.2) is 16.4 Å². The molecule has 0 unspecified atom stereocenters. The van der Waals surface area contributed by atoms with E-state index in [9.17, 15) is 9.59 Å². The normalized spacial score (nSPS) is 20.6. The largest absolute Gasteiger partial charge is 1.00 e. The zero-order valence-corrected chi connectivity index (χ0v) is 11.2. The van der Waals surface area contributed by atoms with Crippen LogP contribution in [0.4, 0.5) is 0 Å². The molecule has 0 aromatic carbocycles. The molecule has 1 rings (SSSR count). The number of hydrogen-bond donors (Lipinski definition) is 2. The van der Waals surface area contributed by atoms with Gasteiger partial charge in [0.25, 0.3) is 0 Å². The first-order chi connectivity index (χ1) is 5.60. The number of rotatable bonds is 2. The minimum atomic E-state index is -0.805. The summed E-state index contributed by atoms with van der Waals surface area (Å²) in [5.41, 5.74) is -0.805.